The lowest BCUT2D eigenvalue weighted by Crippen LogP contribution is -2.28. The molecule has 0 aliphatic heterocycles. The maximum Gasteiger partial charge on any atom is 0.0713 e. The number of thiophene rings is 1. The topological polar surface area (TPSA) is 3.24 Å². The van der Waals surface area contributed by atoms with Gasteiger partial charge in [-0.05, 0) is 80.6 Å². The van der Waals surface area contributed by atoms with Crippen molar-refractivity contribution in [2.75, 3.05) is 4.90 Å². The Bertz CT molecular complexity index is 2950. The van der Waals surface area contributed by atoms with E-state index < -0.39 is 5.41 Å². The zero-order chi connectivity index (χ0) is 34.9. The van der Waals surface area contributed by atoms with Crippen LogP contribution in [0, 0.1) is 0 Å². The number of rotatable bonds is 5. The lowest BCUT2D eigenvalue weighted by atomic mass is 9.68. The zero-order valence-electron chi connectivity index (χ0n) is 28.9. The fourth-order valence-electron chi connectivity index (χ4n) is 9.11. The third-order valence-corrected chi connectivity index (χ3v) is 12.5. The summed E-state index contributed by atoms with van der Waals surface area (Å²) in [5.74, 6) is 0. The van der Waals surface area contributed by atoms with Crippen LogP contribution in [0.2, 0.25) is 0 Å². The van der Waals surface area contributed by atoms with Gasteiger partial charge in [0.2, 0.25) is 0 Å². The van der Waals surface area contributed by atoms with Gasteiger partial charge >= 0.3 is 0 Å². The van der Waals surface area contributed by atoms with E-state index in [1.165, 1.54) is 80.8 Å². The summed E-state index contributed by atoms with van der Waals surface area (Å²) in [6.07, 6.45) is 0. The van der Waals surface area contributed by atoms with Gasteiger partial charge in [-0.2, -0.15) is 0 Å². The first-order valence-electron chi connectivity index (χ1n) is 18.3. The molecule has 1 nitrogen and oxygen atoms in total. The highest BCUT2D eigenvalue weighted by atomic mass is 32.1. The van der Waals surface area contributed by atoms with E-state index in [-0.39, 0.29) is 0 Å². The lowest BCUT2D eigenvalue weighted by molar-refractivity contribution is 0.768. The van der Waals surface area contributed by atoms with Crippen molar-refractivity contribution in [3.8, 4) is 11.1 Å². The summed E-state index contributed by atoms with van der Waals surface area (Å²) < 4.78 is 2.66. The third kappa shape index (κ3) is 4.37. The summed E-state index contributed by atoms with van der Waals surface area (Å²) >= 11 is 1.90. The summed E-state index contributed by atoms with van der Waals surface area (Å²) in [4.78, 5) is 2.45. The van der Waals surface area contributed by atoms with Crippen LogP contribution in [0.4, 0.5) is 17.1 Å². The minimum atomic E-state index is -0.438. The van der Waals surface area contributed by atoms with Gasteiger partial charge in [0.1, 0.15) is 0 Å². The molecule has 0 saturated heterocycles. The monoisotopic (exact) mass is 691 g/mol. The Hall–Kier alpha value is -6.48. The summed E-state index contributed by atoms with van der Waals surface area (Å²) in [7, 11) is 0. The minimum Gasteiger partial charge on any atom is -0.310 e. The van der Waals surface area contributed by atoms with Crippen LogP contribution < -0.4 is 4.90 Å². The molecule has 10 aromatic rings. The van der Waals surface area contributed by atoms with Gasteiger partial charge in [-0.3, -0.25) is 0 Å². The Morgan fingerprint density at radius 1 is 0.396 bits per heavy atom. The maximum atomic E-state index is 2.45. The molecule has 53 heavy (non-hydrogen) atoms. The quantitative estimate of drug-likeness (QED) is 0.162. The Kier molecular flexibility index (Phi) is 6.71. The highest BCUT2D eigenvalue weighted by Gasteiger charge is 2.45. The van der Waals surface area contributed by atoms with E-state index in [1.54, 1.807) is 0 Å². The second-order valence-corrected chi connectivity index (χ2v) is 15.1. The molecule has 248 valence electrons. The number of benzene rings is 9. The predicted molar refractivity (Wildman–Crippen MR) is 226 cm³/mol. The molecule has 1 aromatic heterocycles. The van der Waals surface area contributed by atoms with Gasteiger partial charge in [-0.1, -0.05) is 164 Å². The van der Waals surface area contributed by atoms with Gasteiger partial charge in [0.25, 0.3) is 0 Å². The molecule has 0 saturated carbocycles. The second kappa shape index (κ2) is 11.8. The molecule has 2 heteroatoms. The average Bonchev–Trinajstić information content (AvgIpc) is 3.76. The summed E-state index contributed by atoms with van der Waals surface area (Å²) in [5, 5.41) is 7.72. The number of nitrogens with zero attached hydrogens (tertiary/aromatic N) is 1. The molecular formula is C51H33NS. The first-order chi connectivity index (χ1) is 26.3. The number of anilines is 3. The van der Waals surface area contributed by atoms with E-state index in [0.717, 1.165) is 11.4 Å². The molecule has 0 bridgehead atoms. The van der Waals surface area contributed by atoms with Crippen LogP contribution in [0.25, 0.3) is 52.8 Å². The summed E-state index contributed by atoms with van der Waals surface area (Å²) in [6.45, 7) is 0. The van der Waals surface area contributed by atoms with E-state index in [0.29, 0.717) is 0 Å². The molecule has 1 aliphatic carbocycles. The fourth-order valence-corrected chi connectivity index (χ4v) is 10.4. The maximum absolute atomic E-state index is 2.45. The largest absolute Gasteiger partial charge is 0.310 e. The van der Waals surface area contributed by atoms with Crippen LogP contribution in [0.3, 0.4) is 0 Å². The smallest absolute Gasteiger partial charge is 0.0713 e. The predicted octanol–water partition coefficient (Wildman–Crippen LogP) is 14.2. The Balaban J connectivity index is 1.17. The van der Waals surface area contributed by atoms with E-state index in [2.05, 4.69) is 205 Å². The minimum absolute atomic E-state index is 0.438. The Morgan fingerprint density at radius 3 is 1.68 bits per heavy atom. The highest BCUT2D eigenvalue weighted by molar-refractivity contribution is 7.26. The number of para-hydroxylation sites is 1. The molecular weight excluding hydrogens is 659 g/mol. The van der Waals surface area contributed by atoms with Crippen molar-refractivity contribution in [3.05, 3.63) is 222 Å². The summed E-state index contributed by atoms with van der Waals surface area (Å²) in [6, 6.07) is 73.9. The van der Waals surface area contributed by atoms with E-state index >= 15 is 0 Å². The van der Waals surface area contributed by atoms with Gasteiger partial charge < -0.3 is 4.90 Å². The highest BCUT2D eigenvalue weighted by Crippen LogP contribution is 2.56. The van der Waals surface area contributed by atoms with Gasteiger partial charge in [-0.15, -0.1) is 11.3 Å². The van der Waals surface area contributed by atoms with Crippen LogP contribution >= 0.6 is 11.3 Å². The van der Waals surface area contributed by atoms with Gasteiger partial charge in [0.15, 0.2) is 0 Å². The van der Waals surface area contributed by atoms with E-state index in [9.17, 15) is 0 Å². The first kappa shape index (κ1) is 30.2. The van der Waals surface area contributed by atoms with Crippen molar-refractivity contribution in [3.63, 3.8) is 0 Å². The lowest BCUT2D eigenvalue weighted by Gasteiger charge is -2.34. The molecule has 0 N–H and O–H groups in total. The van der Waals surface area contributed by atoms with Crippen LogP contribution in [0.15, 0.2) is 200 Å². The van der Waals surface area contributed by atoms with Crippen molar-refractivity contribution in [1.29, 1.82) is 0 Å². The number of fused-ring (bicyclic) bond motifs is 10. The summed E-state index contributed by atoms with van der Waals surface area (Å²) in [5.41, 5.74) is 10.8. The molecule has 1 aliphatic rings. The molecule has 11 rings (SSSR count). The van der Waals surface area contributed by atoms with Gasteiger partial charge in [0, 0.05) is 42.3 Å². The molecule has 0 fully saturated rings. The standard InChI is InChI=1S/C51H33NS/c1-3-16-35(17-4-1)51(45-24-12-9-21-40(45)41-22-10-13-25-46(41)51)36-27-29-38(30-28-36)52(37-18-5-2-6-19-37)47-33-34-15-7-8-20-39(34)49-44(47)32-31-43-42-23-11-14-26-48(42)53-50(43)49/h1-33H. The molecule has 1 heterocycles. The van der Waals surface area contributed by atoms with Crippen molar-refractivity contribution in [1.82, 2.24) is 0 Å². The van der Waals surface area contributed by atoms with Crippen molar-refractivity contribution >= 4 is 70.1 Å². The van der Waals surface area contributed by atoms with Crippen LogP contribution in [-0.2, 0) is 5.41 Å². The molecule has 0 amide bonds. The second-order valence-electron chi connectivity index (χ2n) is 14.0. The zero-order valence-corrected chi connectivity index (χ0v) is 29.7. The number of hydrogen-bond donors (Lipinski definition) is 0. The molecule has 0 atom stereocenters. The molecule has 9 aromatic carbocycles. The van der Waals surface area contributed by atoms with Crippen molar-refractivity contribution < 1.29 is 0 Å². The third-order valence-electron chi connectivity index (χ3n) is 11.3. The number of hydrogen-bond acceptors (Lipinski definition) is 2. The van der Waals surface area contributed by atoms with Gasteiger partial charge in [0.05, 0.1) is 11.1 Å². The molecule has 0 spiro atoms. The molecule has 0 unspecified atom stereocenters. The van der Waals surface area contributed by atoms with Crippen LogP contribution in [0.5, 0.6) is 0 Å². The first-order valence-corrected chi connectivity index (χ1v) is 19.1. The average molecular weight is 692 g/mol. The van der Waals surface area contributed by atoms with E-state index in [1.807, 2.05) is 11.3 Å². The van der Waals surface area contributed by atoms with Crippen molar-refractivity contribution in [2.24, 2.45) is 0 Å². The van der Waals surface area contributed by atoms with Crippen LogP contribution in [0.1, 0.15) is 22.3 Å². The Morgan fingerprint density at radius 2 is 0.943 bits per heavy atom. The van der Waals surface area contributed by atoms with Crippen molar-refractivity contribution in [2.45, 2.75) is 5.41 Å². The SMILES string of the molecule is c1ccc(N(c2ccc(C3(c4ccccc4)c4ccccc4-c4ccccc43)cc2)c2cc3ccccc3c3c2ccc2c4ccccc4sc23)cc1. The Labute approximate surface area is 312 Å². The molecule has 0 radical (unpaired) electrons. The van der Waals surface area contributed by atoms with Gasteiger partial charge in [-0.25, -0.2) is 0 Å². The van der Waals surface area contributed by atoms with Crippen LogP contribution in [-0.4, -0.2) is 0 Å². The van der Waals surface area contributed by atoms with E-state index in [4.69, 9.17) is 0 Å². The fraction of sp³-hybridized carbons (Fsp3) is 0.0196. The normalized spacial score (nSPS) is 13.1.